The first kappa shape index (κ1) is 95.0. The van der Waals surface area contributed by atoms with Gasteiger partial charge in [-0.1, -0.05) is 157 Å². The number of rotatable bonds is 31. The van der Waals surface area contributed by atoms with Gasteiger partial charge in [-0.25, -0.2) is 9.97 Å². The number of para-hydroxylation sites is 3. The second-order valence-corrected chi connectivity index (χ2v) is 32.1. The van der Waals surface area contributed by atoms with E-state index >= 15 is 0 Å². The number of nitrogens with zero attached hydrogens (tertiary/aromatic N) is 5. The Hall–Kier alpha value is -9.80. The molecule has 0 amide bonds. The number of carbonyl (C=O) groups is 12. The number of ether oxygens (including phenoxy) is 3. The number of carbonyl (C=O) groups excluding carboxylic acids is 12. The van der Waals surface area contributed by atoms with Crippen LogP contribution >= 0.6 is 50.7 Å². The molecule has 24 heteroatoms. The van der Waals surface area contributed by atoms with Crippen LogP contribution in [0.3, 0.4) is 0 Å². The Morgan fingerprint density at radius 2 is 1.06 bits per heavy atom. The summed E-state index contributed by atoms with van der Waals surface area (Å²) in [6.45, 7) is 15.0. The first-order chi connectivity index (χ1) is 55.2. The zero-order chi connectivity index (χ0) is 85.2. The molecule has 0 aliphatic heterocycles. The van der Waals surface area contributed by atoms with E-state index in [-0.39, 0.29) is 84.3 Å². The number of aromatic nitrogens is 5. The Balaban J connectivity index is 0.000000217. The van der Waals surface area contributed by atoms with Gasteiger partial charge in [-0.3, -0.25) is 48.1 Å². The Morgan fingerprint density at radius 1 is 0.543 bits per heavy atom. The number of imidazole rings is 2. The maximum Gasteiger partial charge on any atom is 0.313 e. The first-order valence-electron chi connectivity index (χ1n) is 38.8. The first-order valence-corrected chi connectivity index (χ1v) is 40.8. The molecule has 11 rings (SSSR count). The summed E-state index contributed by atoms with van der Waals surface area (Å²) < 4.78 is 19.8. The smallest absolute Gasteiger partial charge is 0.313 e. The van der Waals surface area contributed by atoms with Gasteiger partial charge in [0.1, 0.15) is 52.0 Å². The Labute approximate surface area is 703 Å². The van der Waals surface area contributed by atoms with Crippen molar-refractivity contribution in [2.75, 3.05) is 21.3 Å². The molecule has 6 aromatic carbocycles. The van der Waals surface area contributed by atoms with Crippen molar-refractivity contribution in [2.45, 2.75) is 189 Å². The van der Waals surface area contributed by atoms with Crippen molar-refractivity contribution in [1.29, 1.82) is 0 Å². The lowest BCUT2D eigenvalue weighted by atomic mass is 9.78. The number of esters is 3. The summed E-state index contributed by atoms with van der Waals surface area (Å²) in [7, 11) is 3.88. The van der Waals surface area contributed by atoms with Gasteiger partial charge in [0.05, 0.1) is 80.2 Å². The third kappa shape index (κ3) is 30.7. The molecule has 2 fully saturated rings. The summed E-state index contributed by atoms with van der Waals surface area (Å²) in [5, 5.41) is 2.87. The predicted molar refractivity (Wildman–Crippen MR) is 455 cm³/mol. The van der Waals surface area contributed by atoms with Crippen molar-refractivity contribution in [2.24, 2.45) is 29.1 Å². The number of fused-ring (bicyclic) bond motifs is 2. The maximum absolute atomic E-state index is 12.6. The zero-order valence-electron chi connectivity index (χ0n) is 67.9. The van der Waals surface area contributed by atoms with E-state index in [2.05, 4.69) is 64.3 Å². The number of ketones is 9. The molecular weight excluding hydrogens is 1600 g/mol. The highest BCUT2D eigenvalue weighted by atomic mass is 79.9. The highest BCUT2D eigenvalue weighted by Crippen LogP contribution is 2.40. The van der Waals surface area contributed by atoms with E-state index in [1.807, 2.05) is 79.6 Å². The van der Waals surface area contributed by atoms with Crippen molar-refractivity contribution < 1.29 is 71.7 Å². The number of pyridine rings is 1. The topological polar surface area (TPSA) is 281 Å². The van der Waals surface area contributed by atoms with Gasteiger partial charge in [-0.05, 0) is 173 Å². The van der Waals surface area contributed by atoms with Crippen LogP contribution in [-0.2, 0) is 91.3 Å². The van der Waals surface area contributed by atoms with E-state index in [1.165, 1.54) is 51.6 Å². The van der Waals surface area contributed by atoms with Crippen LogP contribution in [0.1, 0.15) is 192 Å². The molecule has 0 radical (unpaired) electrons. The number of hydrogen-bond acceptors (Lipinski definition) is 18. The van der Waals surface area contributed by atoms with Crippen LogP contribution in [0.5, 0.6) is 0 Å². The van der Waals surface area contributed by atoms with Gasteiger partial charge in [0.15, 0.2) is 0 Å². The fourth-order valence-corrected chi connectivity index (χ4v) is 14.2. The standard InChI is InChI=1S/C17H19ClO4.C17H21ClO4.C16H19ClO4.C15H17BrN2O.C14H15NO.C13H14N2O/c1-17(8-7-13(19)10-17)15(20)9-14(16(21)22-2)11-3-5-12(18)6-4-11;1-10(12(3)19)11(2)16(20)9-15(17(21)22-4)13-5-7-14(18)8-6-13;1-10(8-11(2)18)15(19)9-14(16(20)21-3)12-4-6-13(17)7-5-12;1-12(19)4-2-3-9-18-11-17-10-15(18)13-5-7-14(16)8-6-13;1-11(16)5-4-6-12-9-10-15-14-8-3-2-7-13(12)14;16-11-6-5-10(7-11)8-15-9-14-12-3-1-2-4-13(12)15/h3-6,14H,7-10H2,1-2H3;5-8,10-11,15H,9H2,1-4H3;4-7,10,14H,8-9H2,1-3H3;5-8,10-11H,2-4,9H2,1H3;2-3,7-10H,4-6H2,1H3;1-4,9-10H,5-8H2/t14-,17?;10-,11+,15+;10-,14-;;;/m010.../s1. The number of aryl methyl sites for hydroxylation is 2. The minimum Gasteiger partial charge on any atom is -0.469 e. The largest absolute Gasteiger partial charge is 0.469 e. The number of methoxy groups -OCH3 is 3. The van der Waals surface area contributed by atoms with Gasteiger partial charge in [0.2, 0.25) is 0 Å². The second-order valence-electron chi connectivity index (χ2n) is 29.8. The molecule has 3 heterocycles. The van der Waals surface area contributed by atoms with Crippen LogP contribution in [0, 0.1) is 29.1 Å². The molecule has 116 heavy (non-hydrogen) atoms. The number of Topliss-reactive ketones (excluding diaryl/α,β-unsaturated/α-hetero) is 9. The molecule has 2 saturated carbocycles. The molecule has 2 aliphatic carbocycles. The number of unbranched alkanes of at least 4 members (excludes halogenated alkanes) is 1. The monoisotopic (exact) mass is 1700 g/mol. The summed E-state index contributed by atoms with van der Waals surface area (Å²) in [5.41, 5.74) is 8.18. The summed E-state index contributed by atoms with van der Waals surface area (Å²) in [6.07, 6.45) is 16.6. The van der Waals surface area contributed by atoms with Crippen molar-refractivity contribution in [1.82, 2.24) is 24.1 Å². The third-order valence-electron chi connectivity index (χ3n) is 20.8. The summed E-state index contributed by atoms with van der Waals surface area (Å²) >= 11 is 21.0. The zero-order valence-corrected chi connectivity index (χ0v) is 71.7. The Bertz CT molecular complexity index is 4810. The third-order valence-corrected chi connectivity index (χ3v) is 22.1. The number of halogens is 4. The molecule has 3 aromatic heterocycles. The van der Waals surface area contributed by atoms with Crippen molar-refractivity contribution in [3.05, 3.63) is 219 Å². The van der Waals surface area contributed by atoms with Gasteiger partial charge in [0, 0.05) is 132 Å². The van der Waals surface area contributed by atoms with E-state index in [0.29, 0.717) is 69.1 Å². The highest BCUT2D eigenvalue weighted by Gasteiger charge is 2.42. The molecule has 0 N–H and O–H groups in total. The van der Waals surface area contributed by atoms with Crippen molar-refractivity contribution in [3.63, 3.8) is 0 Å². The van der Waals surface area contributed by atoms with E-state index in [4.69, 9.17) is 49.0 Å². The molecule has 2 unspecified atom stereocenters. The Morgan fingerprint density at radius 3 is 1.56 bits per heavy atom. The molecule has 0 spiro atoms. The highest BCUT2D eigenvalue weighted by molar-refractivity contribution is 9.10. The number of hydrogen-bond donors (Lipinski definition) is 0. The lowest BCUT2D eigenvalue weighted by molar-refractivity contribution is -0.145. The van der Waals surface area contributed by atoms with E-state index in [9.17, 15) is 57.5 Å². The normalized spacial score (nSPS) is 15.5. The SMILES string of the molecule is CC(=O)CCCCn1cncc1-c1ccc(Br)cc1.CC(=O)CCCc1ccnc2ccccc12.COC(=O)[C@@H](CC(=O)C1(C)CCC(=O)C1)c1ccc(Cl)cc1.COC(=O)[C@@H](CC(=O)[C@@H](C)CC(C)=O)c1ccc(Cl)cc1.COC(=O)[C@@H](CC(=O)[C@@H](C)[C@@H](C)C(C)=O)c1ccc(Cl)cc1.O=C1CCC(Cn2cnc3ccccc32)C1. The second kappa shape index (κ2) is 48.0. The van der Waals surface area contributed by atoms with Crippen LogP contribution in [0.2, 0.25) is 15.1 Å². The quantitative estimate of drug-likeness (QED) is 0.0222. The molecule has 0 bridgehead atoms. The fraction of sp³-hybridized carbons (Fsp3) is 0.402. The molecule has 9 aromatic rings. The molecule has 2 aliphatic rings. The van der Waals surface area contributed by atoms with Crippen LogP contribution in [0.4, 0.5) is 0 Å². The lowest BCUT2D eigenvalue weighted by Gasteiger charge is -2.23. The van der Waals surface area contributed by atoms with Crippen LogP contribution < -0.4 is 0 Å². The molecule has 8 atom stereocenters. The van der Waals surface area contributed by atoms with Crippen molar-refractivity contribution >= 4 is 143 Å². The van der Waals surface area contributed by atoms with Crippen LogP contribution in [-0.4, -0.2) is 115 Å². The van der Waals surface area contributed by atoms with E-state index in [0.717, 1.165) is 84.8 Å². The van der Waals surface area contributed by atoms with Crippen molar-refractivity contribution in [3.8, 4) is 11.3 Å². The summed E-state index contributed by atoms with van der Waals surface area (Å²) in [4.78, 5) is 153. The predicted octanol–water partition coefficient (Wildman–Crippen LogP) is 19.5. The number of benzene rings is 6. The molecular formula is C92H105BrCl3N5O15. The molecule has 20 nitrogen and oxygen atoms in total. The van der Waals surface area contributed by atoms with Gasteiger partial charge >= 0.3 is 17.9 Å². The van der Waals surface area contributed by atoms with Crippen LogP contribution in [0.15, 0.2) is 181 Å². The average molecular weight is 1710 g/mol. The molecule has 616 valence electrons. The van der Waals surface area contributed by atoms with E-state index in [1.54, 1.807) is 114 Å². The molecule has 0 saturated heterocycles. The average Bonchev–Trinajstić information content (AvgIpc) is 1.71. The minimum absolute atomic E-state index is 0.00704. The summed E-state index contributed by atoms with van der Waals surface area (Å²) in [5.74, 6) is -3.48. The minimum atomic E-state index is -0.684. The van der Waals surface area contributed by atoms with Gasteiger partial charge in [-0.2, -0.15) is 0 Å². The van der Waals surface area contributed by atoms with Gasteiger partial charge in [0.25, 0.3) is 0 Å². The lowest BCUT2D eigenvalue weighted by Crippen LogP contribution is -2.29. The maximum atomic E-state index is 12.6. The fourth-order valence-electron chi connectivity index (χ4n) is 13.6. The van der Waals surface area contributed by atoms with Gasteiger partial charge < -0.3 is 37.7 Å². The van der Waals surface area contributed by atoms with Crippen LogP contribution in [0.25, 0.3) is 33.2 Å². The summed E-state index contributed by atoms with van der Waals surface area (Å²) in [6, 6.07) is 46.8. The van der Waals surface area contributed by atoms with Gasteiger partial charge in [-0.15, -0.1) is 0 Å². The Kier molecular flexibility index (Phi) is 39.4. The van der Waals surface area contributed by atoms with E-state index < -0.39 is 52.9 Å².